The monoisotopic (exact) mass is 331 g/mol. The summed E-state index contributed by atoms with van der Waals surface area (Å²) < 4.78 is 20.4. The van der Waals surface area contributed by atoms with Crippen LogP contribution in [0, 0.1) is 11.7 Å². The van der Waals surface area contributed by atoms with E-state index in [1.54, 1.807) is 19.2 Å². The smallest absolute Gasteiger partial charge is 0.123 e. The Hall–Kier alpha value is -1.72. The van der Waals surface area contributed by atoms with Crippen LogP contribution in [0.2, 0.25) is 0 Å². The minimum atomic E-state index is -0.159. The van der Waals surface area contributed by atoms with E-state index in [1.807, 2.05) is 24.7 Å². The summed E-state index contributed by atoms with van der Waals surface area (Å²) in [5, 5.41) is 0. The second-order valence-electron chi connectivity index (χ2n) is 6.65. The van der Waals surface area contributed by atoms with Crippen molar-refractivity contribution in [2.45, 2.75) is 32.4 Å². The number of imidazole rings is 1. The van der Waals surface area contributed by atoms with Gasteiger partial charge in [0.2, 0.25) is 0 Å². The number of methoxy groups -OCH3 is 1. The average molecular weight is 331 g/mol. The van der Waals surface area contributed by atoms with Crippen molar-refractivity contribution in [1.29, 1.82) is 0 Å². The van der Waals surface area contributed by atoms with Gasteiger partial charge in [-0.1, -0.05) is 12.1 Å². The molecule has 1 aromatic carbocycles. The van der Waals surface area contributed by atoms with Gasteiger partial charge in [0.25, 0.3) is 0 Å². The Kier molecular flexibility index (Phi) is 5.99. The molecule has 3 rings (SSSR count). The number of piperidine rings is 1. The molecule has 24 heavy (non-hydrogen) atoms. The van der Waals surface area contributed by atoms with Crippen molar-refractivity contribution in [3.8, 4) is 0 Å². The van der Waals surface area contributed by atoms with Crippen LogP contribution in [0.1, 0.15) is 24.1 Å². The first kappa shape index (κ1) is 17.1. The van der Waals surface area contributed by atoms with Crippen molar-refractivity contribution in [3.63, 3.8) is 0 Å². The fourth-order valence-corrected chi connectivity index (χ4v) is 3.52. The highest BCUT2D eigenvalue weighted by atomic mass is 19.1. The molecular formula is C19H26FN3O. The lowest BCUT2D eigenvalue weighted by Crippen LogP contribution is -2.36. The fourth-order valence-electron chi connectivity index (χ4n) is 3.52. The predicted octanol–water partition coefficient (Wildman–Crippen LogP) is 3.12. The number of benzene rings is 1. The normalized spacial score (nSPS) is 18.8. The highest BCUT2D eigenvalue weighted by molar-refractivity contribution is 5.16. The van der Waals surface area contributed by atoms with Crippen molar-refractivity contribution in [2.75, 3.05) is 26.8 Å². The fraction of sp³-hybridized carbons (Fsp3) is 0.526. The summed E-state index contributed by atoms with van der Waals surface area (Å²) in [6, 6.07) is 6.94. The van der Waals surface area contributed by atoms with Crippen LogP contribution in [-0.4, -0.2) is 41.3 Å². The van der Waals surface area contributed by atoms with E-state index in [2.05, 4.69) is 14.5 Å². The van der Waals surface area contributed by atoms with Crippen molar-refractivity contribution in [1.82, 2.24) is 14.5 Å². The molecule has 0 unspecified atom stereocenters. The topological polar surface area (TPSA) is 30.3 Å². The maximum Gasteiger partial charge on any atom is 0.123 e. The summed E-state index contributed by atoms with van der Waals surface area (Å²) in [4.78, 5) is 6.79. The molecule has 1 saturated heterocycles. The second-order valence-corrected chi connectivity index (χ2v) is 6.65. The van der Waals surface area contributed by atoms with Crippen LogP contribution in [-0.2, 0) is 24.2 Å². The number of likely N-dealkylation sites (tertiary alicyclic amines) is 1. The minimum absolute atomic E-state index is 0.159. The summed E-state index contributed by atoms with van der Waals surface area (Å²) >= 11 is 0. The highest BCUT2D eigenvalue weighted by Crippen LogP contribution is 2.22. The third kappa shape index (κ3) is 4.65. The minimum Gasteiger partial charge on any atom is -0.383 e. The Morgan fingerprint density at radius 2 is 2.12 bits per heavy atom. The first-order valence-electron chi connectivity index (χ1n) is 8.69. The molecule has 0 spiro atoms. The lowest BCUT2D eigenvalue weighted by Gasteiger charge is -2.33. The summed E-state index contributed by atoms with van der Waals surface area (Å²) in [6.45, 7) is 4.71. The molecule has 0 bridgehead atoms. The molecular weight excluding hydrogens is 305 g/mol. The summed E-state index contributed by atoms with van der Waals surface area (Å²) in [5.74, 6) is 0.480. The van der Waals surface area contributed by atoms with E-state index < -0.39 is 0 Å². The average Bonchev–Trinajstić information content (AvgIpc) is 3.02. The molecule has 0 amide bonds. The van der Waals surface area contributed by atoms with E-state index in [1.165, 1.54) is 24.1 Å². The Bertz CT molecular complexity index is 626. The van der Waals surface area contributed by atoms with E-state index >= 15 is 0 Å². The van der Waals surface area contributed by atoms with E-state index in [-0.39, 0.29) is 5.82 Å². The van der Waals surface area contributed by atoms with Crippen molar-refractivity contribution in [2.24, 2.45) is 5.92 Å². The van der Waals surface area contributed by atoms with E-state index in [4.69, 9.17) is 4.74 Å². The van der Waals surface area contributed by atoms with Crippen LogP contribution in [0.15, 0.2) is 36.8 Å². The molecule has 1 aliphatic rings. The van der Waals surface area contributed by atoms with Crippen LogP contribution in [0.5, 0.6) is 0 Å². The zero-order valence-electron chi connectivity index (χ0n) is 14.3. The van der Waals surface area contributed by atoms with Crippen molar-refractivity contribution < 1.29 is 9.13 Å². The molecule has 1 aliphatic heterocycles. The zero-order valence-corrected chi connectivity index (χ0v) is 14.3. The number of aromatic nitrogens is 2. The van der Waals surface area contributed by atoms with Crippen LogP contribution in [0.4, 0.5) is 4.39 Å². The summed E-state index contributed by atoms with van der Waals surface area (Å²) in [7, 11) is 1.72. The second kappa shape index (κ2) is 8.40. The number of hydrogen-bond donors (Lipinski definition) is 0. The Labute approximate surface area is 143 Å². The van der Waals surface area contributed by atoms with Gasteiger partial charge in [0.15, 0.2) is 0 Å². The van der Waals surface area contributed by atoms with Crippen LogP contribution in [0.25, 0.3) is 0 Å². The molecule has 1 atom stereocenters. The van der Waals surface area contributed by atoms with Gasteiger partial charge in [-0.05, 0) is 49.4 Å². The molecule has 0 saturated carbocycles. The van der Waals surface area contributed by atoms with Gasteiger partial charge in [0, 0.05) is 32.9 Å². The van der Waals surface area contributed by atoms with Gasteiger partial charge < -0.3 is 9.30 Å². The van der Waals surface area contributed by atoms with Crippen molar-refractivity contribution in [3.05, 3.63) is 53.9 Å². The SMILES string of the molecule is COCCn1cncc1CN1CCC[C@H](Cc2ccc(F)cc2)C1. The van der Waals surface area contributed by atoms with Gasteiger partial charge in [0.1, 0.15) is 5.82 Å². The molecule has 1 fully saturated rings. The molecule has 5 heteroatoms. The number of hydrogen-bond acceptors (Lipinski definition) is 3. The Morgan fingerprint density at radius 1 is 1.29 bits per heavy atom. The van der Waals surface area contributed by atoms with Gasteiger partial charge >= 0.3 is 0 Å². The molecule has 1 aromatic heterocycles. The molecule has 4 nitrogen and oxygen atoms in total. The lowest BCUT2D eigenvalue weighted by molar-refractivity contribution is 0.159. The summed E-state index contributed by atoms with van der Waals surface area (Å²) in [6.07, 6.45) is 7.34. The van der Waals surface area contributed by atoms with Crippen LogP contribution >= 0.6 is 0 Å². The number of nitrogens with zero attached hydrogens (tertiary/aromatic N) is 3. The largest absolute Gasteiger partial charge is 0.383 e. The molecule has 0 N–H and O–H groups in total. The Morgan fingerprint density at radius 3 is 2.92 bits per heavy atom. The molecule has 0 aliphatic carbocycles. The van der Waals surface area contributed by atoms with Gasteiger partial charge in [-0.3, -0.25) is 4.90 Å². The number of ether oxygens (including phenoxy) is 1. The number of halogens is 1. The van der Waals surface area contributed by atoms with Gasteiger partial charge in [0.05, 0.1) is 18.6 Å². The Balaban J connectivity index is 1.55. The predicted molar refractivity (Wildman–Crippen MR) is 92.2 cm³/mol. The highest BCUT2D eigenvalue weighted by Gasteiger charge is 2.21. The molecule has 2 aromatic rings. The first-order valence-corrected chi connectivity index (χ1v) is 8.69. The van der Waals surface area contributed by atoms with E-state index in [9.17, 15) is 4.39 Å². The zero-order chi connectivity index (χ0) is 16.8. The third-order valence-electron chi connectivity index (χ3n) is 4.76. The van der Waals surface area contributed by atoms with Crippen LogP contribution < -0.4 is 0 Å². The van der Waals surface area contributed by atoms with E-state index in [0.717, 1.165) is 32.6 Å². The third-order valence-corrected chi connectivity index (χ3v) is 4.76. The molecule has 0 radical (unpaired) electrons. The standard InChI is InChI=1S/C19H26FN3O/c1-24-10-9-23-15-21-12-19(23)14-22-8-2-3-17(13-22)11-16-4-6-18(20)7-5-16/h4-7,12,15,17H,2-3,8-11,13-14H2,1H3/t17-/m1/s1. The number of rotatable bonds is 7. The first-order chi connectivity index (χ1) is 11.7. The lowest BCUT2D eigenvalue weighted by atomic mass is 9.91. The van der Waals surface area contributed by atoms with Gasteiger partial charge in [-0.25, -0.2) is 9.37 Å². The quantitative estimate of drug-likeness (QED) is 0.781. The van der Waals surface area contributed by atoms with Crippen LogP contribution in [0.3, 0.4) is 0 Å². The van der Waals surface area contributed by atoms with Crippen molar-refractivity contribution >= 4 is 0 Å². The summed E-state index contributed by atoms with van der Waals surface area (Å²) in [5.41, 5.74) is 2.47. The molecule has 130 valence electrons. The molecule has 2 heterocycles. The van der Waals surface area contributed by atoms with E-state index in [0.29, 0.717) is 12.5 Å². The van der Waals surface area contributed by atoms with Gasteiger partial charge in [-0.2, -0.15) is 0 Å². The maximum atomic E-state index is 13.0. The maximum absolute atomic E-state index is 13.0. The van der Waals surface area contributed by atoms with Gasteiger partial charge in [-0.15, -0.1) is 0 Å².